The number of carbonyl (C=O) groups is 1. The number of rotatable bonds is 6. The van der Waals surface area contributed by atoms with E-state index < -0.39 is 29.6 Å². The molecule has 13 heteroatoms. The number of pyridine rings is 1. The molecule has 1 amide bonds. The minimum Gasteiger partial charge on any atom is -0.490 e. The smallest absolute Gasteiger partial charge is 0.355 e. The second-order valence-corrected chi connectivity index (χ2v) is 11.1. The van der Waals surface area contributed by atoms with Crippen LogP contribution in [0.4, 0.5) is 10.2 Å². The Kier molecular flexibility index (Phi) is 8.63. The van der Waals surface area contributed by atoms with Crippen molar-refractivity contribution >= 4 is 46.3 Å². The molecule has 2 bridgehead atoms. The van der Waals surface area contributed by atoms with Crippen LogP contribution in [0.1, 0.15) is 25.8 Å². The van der Waals surface area contributed by atoms with Crippen LogP contribution in [0.5, 0.6) is 5.75 Å². The summed E-state index contributed by atoms with van der Waals surface area (Å²) in [6, 6.07) is 4.53. The summed E-state index contributed by atoms with van der Waals surface area (Å²) in [4.78, 5) is 39.2. The van der Waals surface area contributed by atoms with E-state index >= 15 is 4.39 Å². The number of benzene rings is 1. The van der Waals surface area contributed by atoms with Crippen LogP contribution in [0.2, 0.25) is 5.02 Å². The van der Waals surface area contributed by atoms with Crippen LogP contribution in [0.25, 0.3) is 28.0 Å². The van der Waals surface area contributed by atoms with Gasteiger partial charge in [-0.3, -0.25) is 9.79 Å². The lowest BCUT2D eigenvalue weighted by atomic mass is 9.86. The molecule has 1 aromatic carbocycles. The molecular formula is C30H32ClFN6O5. The fourth-order valence-corrected chi connectivity index (χ4v) is 5.52. The highest BCUT2D eigenvalue weighted by Gasteiger charge is 2.37. The maximum absolute atomic E-state index is 15.7. The third kappa shape index (κ3) is 5.65. The number of aliphatic hydroxyl groups is 2. The lowest BCUT2D eigenvalue weighted by Gasteiger charge is -2.33. The van der Waals surface area contributed by atoms with Gasteiger partial charge in [0.25, 0.3) is 0 Å². The zero-order valence-electron chi connectivity index (χ0n) is 23.9. The Morgan fingerprint density at radius 3 is 2.79 bits per heavy atom. The molecule has 2 aromatic heterocycles. The molecule has 2 aliphatic heterocycles. The second kappa shape index (κ2) is 12.2. The van der Waals surface area contributed by atoms with Gasteiger partial charge in [0.1, 0.15) is 24.3 Å². The van der Waals surface area contributed by atoms with Gasteiger partial charge in [-0.15, -0.1) is 0 Å². The normalized spacial score (nSPS) is 19.8. The number of hydrogen-bond acceptors (Lipinski definition) is 9. The molecule has 5 rings (SSSR count). The number of aromatic nitrogens is 3. The molecule has 3 atom stereocenters. The van der Waals surface area contributed by atoms with Crippen molar-refractivity contribution in [1.82, 2.24) is 19.9 Å². The van der Waals surface area contributed by atoms with Gasteiger partial charge >= 0.3 is 5.69 Å². The van der Waals surface area contributed by atoms with Gasteiger partial charge in [-0.05, 0) is 49.1 Å². The summed E-state index contributed by atoms with van der Waals surface area (Å²) in [6.07, 6.45) is 0.244. The topological polar surface area (TPSA) is 151 Å². The zero-order valence-corrected chi connectivity index (χ0v) is 24.7. The van der Waals surface area contributed by atoms with Crippen molar-refractivity contribution in [2.75, 3.05) is 25.0 Å². The Morgan fingerprint density at radius 1 is 1.30 bits per heavy atom. The number of fused-ring (bicyclic) bond motifs is 5. The molecule has 0 saturated heterocycles. The van der Waals surface area contributed by atoms with E-state index in [0.717, 1.165) is 6.08 Å². The van der Waals surface area contributed by atoms with Gasteiger partial charge in [-0.2, -0.15) is 4.98 Å². The lowest BCUT2D eigenvalue weighted by molar-refractivity contribution is -0.116. The zero-order chi connectivity index (χ0) is 31.0. The van der Waals surface area contributed by atoms with E-state index in [-0.39, 0.29) is 71.4 Å². The fraction of sp³-hybridized carbons (Fsp3) is 0.367. The first-order valence-electron chi connectivity index (χ1n) is 13.9. The molecule has 0 saturated carbocycles. The molecule has 11 nitrogen and oxygen atoms in total. The minimum atomic E-state index is -1.40. The second-order valence-electron chi connectivity index (χ2n) is 10.7. The summed E-state index contributed by atoms with van der Waals surface area (Å²) in [7, 11) is 0. The van der Waals surface area contributed by atoms with Crippen molar-refractivity contribution in [1.29, 1.82) is 0 Å². The highest BCUT2D eigenvalue weighted by molar-refractivity contribution is 6.31. The lowest BCUT2D eigenvalue weighted by Crippen LogP contribution is -2.42. The van der Waals surface area contributed by atoms with Crippen LogP contribution < -0.4 is 21.1 Å². The fourth-order valence-electron chi connectivity index (χ4n) is 5.36. The third-order valence-electron chi connectivity index (χ3n) is 7.46. The summed E-state index contributed by atoms with van der Waals surface area (Å²) >= 11 is 6.18. The summed E-state index contributed by atoms with van der Waals surface area (Å²) in [6.45, 7) is 9.04. The van der Waals surface area contributed by atoms with Crippen LogP contribution >= 0.6 is 11.6 Å². The van der Waals surface area contributed by atoms with Gasteiger partial charge in [0.15, 0.2) is 11.5 Å². The minimum absolute atomic E-state index is 0.0529. The monoisotopic (exact) mass is 610 g/mol. The number of carbonyl (C=O) groups excluding carboxylic acids is 1. The van der Waals surface area contributed by atoms with E-state index in [4.69, 9.17) is 21.3 Å². The first-order chi connectivity index (χ1) is 20.5. The van der Waals surface area contributed by atoms with Gasteiger partial charge in [0.2, 0.25) is 5.91 Å². The highest BCUT2D eigenvalue weighted by atomic mass is 35.5. The van der Waals surface area contributed by atoms with Crippen LogP contribution in [-0.2, 0) is 4.79 Å². The predicted molar refractivity (Wildman–Crippen MR) is 163 cm³/mol. The number of hydrogen-bond donors (Lipinski definition) is 4. The largest absolute Gasteiger partial charge is 0.490 e. The molecule has 43 heavy (non-hydrogen) atoms. The standard InChI is InChI=1S/C30H32ClFN6O5/c1-5-21(40)33-10-11-35-28-17-12-15(4)25-22-20(7-6-18(31)23(22)32)43-13-19(39)27(41)16-8-9-34-24(14(2)3)26(16)38(29(17)36-25)30(42)37-28/h5-7,9,12,14,16,19,27,39,41H,1,8,10-11,13H2,2-4H3,(H,33,40)(H,35,37,42). The van der Waals surface area contributed by atoms with E-state index in [9.17, 15) is 19.8 Å². The Hall–Kier alpha value is -4.13. The highest BCUT2D eigenvalue weighted by Crippen LogP contribution is 2.41. The molecule has 4 heterocycles. The Bertz CT molecular complexity index is 1740. The van der Waals surface area contributed by atoms with Crippen LogP contribution in [0, 0.1) is 24.6 Å². The van der Waals surface area contributed by atoms with Crippen LogP contribution in [0.15, 0.2) is 46.3 Å². The first-order valence-corrected chi connectivity index (χ1v) is 14.2. The average molecular weight is 611 g/mol. The van der Waals surface area contributed by atoms with Crippen molar-refractivity contribution < 1.29 is 24.1 Å². The number of nitrogens with one attached hydrogen (secondary N) is 2. The Labute approximate surface area is 251 Å². The number of halogens is 2. The van der Waals surface area contributed by atoms with Gasteiger partial charge in [-0.1, -0.05) is 32.0 Å². The van der Waals surface area contributed by atoms with E-state index in [1.165, 1.54) is 16.7 Å². The maximum Gasteiger partial charge on any atom is 0.355 e. The molecule has 226 valence electrons. The van der Waals surface area contributed by atoms with Crippen molar-refractivity contribution in [3.63, 3.8) is 0 Å². The number of amides is 1. The summed E-state index contributed by atoms with van der Waals surface area (Å²) in [5.74, 6) is -1.83. The van der Waals surface area contributed by atoms with Gasteiger partial charge in [0, 0.05) is 25.2 Å². The molecule has 4 N–H and O–H groups in total. The third-order valence-corrected chi connectivity index (χ3v) is 7.75. The van der Waals surface area contributed by atoms with Crippen molar-refractivity contribution in [3.05, 3.63) is 63.4 Å². The summed E-state index contributed by atoms with van der Waals surface area (Å²) in [5.41, 5.74) is 0.906. The maximum atomic E-state index is 15.7. The van der Waals surface area contributed by atoms with Crippen molar-refractivity contribution in [2.24, 2.45) is 16.8 Å². The van der Waals surface area contributed by atoms with E-state index in [2.05, 4.69) is 27.2 Å². The number of ether oxygens (including phenoxy) is 1. The summed E-state index contributed by atoms with van der Waals surface area (Å²) < 4.78 is 22.8. The summed E-state index contributed by atoms with van der Waals surface area (Å²) in [5, 5.41) is 28.4. The van der Waals surface area contributed by atoms with Gasteiger partial charge in [-0.25, -0.2) is 18.7 Å². The van der Waals surface area contributed by atoms with Crippen LogP contribution in [-0.4, -0.2) is 68.8 Å². The molecule has 0 radical (unpaired) electrons. The number of anilines is 1. The number of aliphatic imine (C=N–C) groups is 1. The number of nitrogens with zero attached hydrogens (tertiary/aromatic N) is 4. The molecule has 0 fully saturated rings. The number of allylic oxidation sites excluding steroid dienone is 1. The van der Waals surface area contributed by atoms with Crippen molar-refractivity contribution in [3.8, 4) is 17.0 Å². The molecular weight excluding hydrogens is 579 g/mol. The van der Waals surface area contributed by atoms with E-state index in [0.29, 0.717) is 22.3 Å². The SMILES string of the molecule is C=CC(=O)NCCNc1nc(=O)n2c3nc(c(C)cc13)-c1c(ccc(Cl)c1F)OCC(O)C(O)C1CC=NC(C(C)C)=C12. The molecule has 2 aliphatic rings. The van der Waals surface area contributed by atoms with E-state index in [1.54, 1.807) is 19.2 Å². The van der Waals surface area contributed by atoms with Gasteiger partial charge < -0.3 is 25.6 Å². The van der Waals surface area contributed by atoms with Crippen LogP contribution in [0.3, 0.4) is 0 Å². The van der Waals surface area contributed by atoms with Crippen molar-refractivity contribution in [2.45, 2.75) is 39.4 Å². The molecule has 3 aromatic rings. The number of aliphatic hydroxyl groups excluding tert-OH is 2. The number of aryl methyl sites for hydroxylation is 1. The predicted octanol–water partition coefficient (Wildman–Crippen LogP) is 3.30. The van der Waals surface area contributed by atoms with Gasteiger partial charge in [0.05, 0.1) is 39.2 Å². The Morgan fingerprint density at radius 2 is 2.07 bits per heavy atom. The quantitative estimate of drug-likeness (QED) is 0.245. The Balaban J connectivity index is 1.85. The molecule has 0 spiro atoms. The van der Waals surface area contributed by atoms with E-state index in [1.807, 2.05) is 13.8 Å². The first kappa shape index (κ1) is 30.3. The molecule has 3 unspecified atom stereocenters. The molecule has 0 aliphatic carbocycles. The average Bonchev–Trinajstić information content (AvgIpc) is 2.98.